The second kappa shape index (κ2) is 4.34. The number of allylic oxidation sites excluding steroid dienone is 1. The predicted molar refractivity (Wildman–Crippen MR) is 77.8 cm³/mol. The van der Waals surface area contributed by atoms with Gasteiger partial charge >= 0.3 is 0 Å². The lowest BCUT2D eigenvalue weighted by molar-refractivity contribution is 0.0921. The van der Waals surface area contributed by atoms with Crippen LogP contribution in [0.4, 0.5) is 0 Å². The molecule has 1 aliphatic rings. The minimum Gasteiger partial charge on any atom is -0.316 e. The van der Waals surface area contributed by atoms with Crippen LogP contribution in [0.25, 0.3) is 11.6 Å². The highest BCUT2D eigenvalue weighted by Crippen LogP contribution is 2.39. The first-order valence-corrected chi connectivity index (χ1v) is 6.46. The Hall–Kier alpha value is -1.90. The maximum Gasteiger partial charge on any atom is 0.0911 e. The molecule has 1 aliphatic carbocycles. The quantitative estimate of drug-likeness (QED) is 0.755. The van der Waals surface area contributed by atoms with Crippen molar-refractivity contribution in [1.82, 2.24) is 5.48 Å². The van der Waals surface area contributed by atoms with Crippen molar-refractivity contribution < 1.29 is 5.21 Å². The summed E-state index contributed by atoms with van der Waals surface area (Å²) in [6.07, 6.45) is 2.18. The number of hydroxylamine groups is 1. The number of nitrogens with one attached hydrogen (secondary N) is 1. The van der Waals surface area contributed by atoms with Gasteiger partial charge in [-0.15, -0.1) is 0 Å². The van der Waals surface area contributed by atoms with Gasteiger partial charge in [0, 0.05) is 0 Å². The molecule has 2 N–H and O–H groups in total. The minimum absolute atomic E-state index is 0.596. The Morgan fingerprint density at radius 1 is 0.947 bits per heavy atom. The van der Waals surface area contributed by atoms with E-state index >= 15 is 0 Å². The summed E-state index contributed by atoms with van der Waals surface area (Å²) in [4.78, 5) is 0. The lowest BCUT2D eigenvalue weighted by Crippen LogP contribution is -2.39. The fourth-order valence-electron chi connectivity index (χ4n) is 2.92. The predicted octanol–water partition coefficient (Wildman–Crippen LogP) is 3.80. The van der Waals surface area contributed by atoms with Gasteiger partial charge in [-0.3, -0.25) is 0 Å². The van der Waals surface area contributed by atoms with Gasteiger partial charge in [0.1, 0.15) is 0 Å². The van der Waals surface area contributed by atoms with E-state index in [1.165, 1.54) is 11.1 Å². The topological polar surface area (TPSA) is 32.3 Å². The first-order valence-electron chi connectivity index (χ1n) is 6.46. The van der Waals surface area contributed by atoms with Crippen LogP contribution in [0.2, 0.25) is 0 Å². The van der Waals surface area contributed by atoms with E-state index in [0.29, 0.717) is 0 Å². The van der Waals surface area contributed by atoms with Crippen LogP contribution >= 0.6 is 0 Å². The fraction of sp³-hybridized carbons (Fsp3) is 0.176. The van der Waals surface area contributed by atoms with Crippen LogP contribution in [0.15, 0.2) is 48.5 Å². The van der Waals surface area contributed by atoms with Crippen LogP contribution in [0.5, 0.6) is 0 Å². The molecule has 0 spiro atoms. The van der Waals surface area contributed by atoms with E-state index in [2.05, 4.69) is 42.7 Å². The van der Waals surface area contributed by atoms with Gasteiger partial charge in [0.15, 0.2) is 0 Å². The summed E-state index contributed by atoms with van der Waals surface area (Å²) < 4.78 is 0. The second-order valence-electron chi connectivity index (χ2n) is 5.20. The van der Waals surface area contributed by atoms with E-state index in [1.54, 1.807) is 0 Å². The molecule has 2 aromatic rings. The van der Waals surface area contributed by atoms with E-state index in [0.717, 1.165) is 16.7 Å². The molecular formula is C17H17NO. The van der Waals surface area contributed by atoms with Gasteiger partial charge in [0.25, 0.3) is 0 Å². The average Bonchev–Trinajstić information content (AvgIpc) is 2.55. The third-order valence-corrected chi connectivity index (χ3v) is 3.99. The summed E-state index contributed by atoms with van der Waals surface area (Å²) >= 11 is 0. The molecule has 0 unspecified atom stereocenters. The highest BCUT2D eigenvalue weighted by molar-refractivity contribution is 5.85. The van der Waals surface area contributed by atoms with E-state index < -0.39 is 5.54 Å². The lowest BCUT2D eigenvalue weighted by Gasteiger charge is -2.31. The summed E-state index contributed by atoms with van der Waals surface area (Å²) in [5, 5.41) is 9.78. The maximum atomic E-state index is 9.78. The van der Waals surface area contributed by atoms with Gasteiger partial charge in [-0.2, -0.15) is 5.48 Å². The van der Waals surface area contributed by atoms with Crippen LogP contribution in [0.1, 0.15) is 36.1 Å². The number of hydrogen-bond acceptors (Lipinski definition) is 2. The molecule has 3 rings (SSSR count). The van der Waals surface area contributed by atoms with E-state index in [1.807, 2.05) is 31.2 Å². The van der Waals surface area contributed by atoms with Crippen molar-refractivity contribution in [2.24, 2.45) is 0 Å². The van der Waals surface area contributed by atoms with E-state index in [-0.39, 0.29) is 0 Å². The number of fused-ring (bicyclic) bond motifs is 2. The van der Waals surface area contributed by atoms with Gasteiger partial charge < -0.3 is 5.21 Å². The minimum atomic E-state index is -0.596. The molecule has 0 bridgehead atoms. The van der Waals surface area contributed by atoms with Crippen LogP contribution in [-0.2, 0) is 5.54 Å². The Kier molecular flexibility index (Phi) is 2.77. The fourth-order valence-corrected chi connectivity index (χ4v) is 2.92. The van der Waals surface area contributed by atoms with E-state index in [4.69, 9.17) is 0 Å². The van der Waals surface area contributed by atoms with Crippen molar-refractivity contribution in [2.45, 2.75) is 19.4 Å². The Labute approximate surface area is 113 Å². The van der Waals surface area contributed by atoms with Gasteiger partial charge in [0.05, 0.1) is 5.54 Å². The zero-order chi connectivity index (χ0) is 13.5. The number of rotatable bonds is 1. The van der Waals surface area contributed by atoms with Crippen LogP contribution < -0.4 is 5.48 Å². The molecular weight excluding hydrogens is 234 g/mol. The van der Waals surface area contributed by atoms with Gasteiger partial charge in [0.2, 0.25) is 0 Å². The summed E-state index contributed by atoms with van der Waals surface area (Å²) in [7, 11) is 0. The number of benzene rings is 2. The van der Waals surface area contributed by atoms with Gasteiger partial charge in [-0.25, -0.2) is 0 Å². The molecule has 0 radical (unpaired) electrons. The molecule has 0 amide bonds. The lowest BCUT2D eigenvalue weighted by atomic mass is 9.82. The van der Waals surface area contributed by atoms with Crippen molar-refractivity contribution >= 4 is 11.6 Å². The number of hydrogen-bond donors (Lipinski definition) is 2. The molecule has 96 valence electrons. The molecule has 0 aliphatic heterocycles. The summed E-state index contributed by atoms with van der Waals surface area (Å²) in [6.45, 7) is 4.12. The molecule has 2 heteroatoms. The molecule has 1 atom stereocenters. The SMILES string of the molecule is CC1=Cc2ccccc2[C@@](C)(NO)c2ccccc21. The van der Waals surface area contributed by atoms with Crippen molar-refractivity contribution in [1.29, 1.82) is 0 Å². The third kappa shape index (κ3) is 1.72. The summed E-state index contributed by atoms with van der Waals surface area (Å²) in [6, 6.07) is 16.4. The summed E-state index contributed by atoms with van der Waals surface area (Å²) in [5.41, 5.74) is 7.62. The molecule has 0 saturated carbocycles. The van der Waals surface area contributed by atoms with Crippen molar-refractivity contribution in [3.05, 3.63) is 70.8 Å². The first kappa shape index (κ1) is 12.2. The van der Waals surface area contributed by atoms with Crippen molar-refractivity contribution in [2.75, 3.05) is 0 Å². The first-order chi connectivity index (χ1) is 9.16. The van der Waals surface area contributed by atoms with Crippen LogP contribution in [-0.4, -0.2) is 5.21 Å². The van der Waals surface area contributed by atoms with Crippen LogP contribution in [0.3, 0.4) is 0 Å². The third-order valence-electron chi connectivity index (χ3n) is 3.99. The Morgan fingerprint density at radius 2 is 1.58 bits per heavy atom. The molecule has 0 aromatic heterocycles. The molecule has 2 aromatic carbocycles. The van der Waals surface area contributed by atoms with Gasteiger partial charge in [-0.1, -0.05) is 54.6 Å². The largest absolute Gasteiger partial charge is 0.316 e. The van der Waals surface area contributed by atoms with Gasteiger partial charge in [-0.05, 0) is 41.7 Å². The monoisotopic (exact) mass is 251 g/mol. The second-order valence-corrected chi connectivity index (χ2v) is 5.20. The Bertz CT molecular complexity index is 660. The molecule has 0 heterocycles. The Morgan fingerprint density at radius 3 is 2.32 bits per heavy atom. The molecule has 0 fully saturated rings. The molecule has 0 saturated heterocycles. The highest BCUT2D eigenvalue weighted by Gasteiger charge is 2.33. The average molecular weight is 251 g/mol. The van der Waals surface area contributed by atoms with Crippen molar-refractivity contribution in [3.63, 3.8) is 0 Å². The zero-order valence-corrected chi connectivity index (χ0v) is 11.1. The molecule has 19 heavy (non-hydrogen) atoms. The molecule has 2 nitrogen and oxygen atoms in total. The van der Waals surface area contributed by atoms with Crippen LogP contribution in [0, 0.1) is 0 Å². The van der Waals surface area contributed by atoms with E-state index in [9.17, 15) is 5.21 Å². The highest BCUT2D eigenvalue weighted by atomic mass is 16.5. The summed E-state index contributed by atoms with van der Waals surface area (Å²) in [5.74, 6) is 0. The Balaban J connectivity index is 2.40. The standard InChI is InChI=1S/C17H17NO/c1-12-11-13-7-3-5-9-15(13)17(2,18-19)16-10-6-4-8-14(12)16/h3-11,18-19H,1-2H3/t17-/m1/s1. The normalized spacial score (nSPS) is 21.1. The van der Waals surface area contributed by atoms with Crippen molar-refractivity contribution in [3.8, 4) is 0 Å². The zero-order valence-electron chi connectivity index (χ0n) is 11.1. The smallest absolute Gasteiger partial charge is 0.0911 e. The maximum absolute atomic E-state index is 9.78.